The maximum Gasteiger partial charge on any atom is 0.409 e. The Labute approximate surface area is 139 Å². The van der Waals surface area contributed by atoms with Crippen LogP contribution in [0.1, 0.15) is 39.5 Å². The van der Waals surface area contributed by atoms with Crippen LogP contribution >= 0.6 is 23.2 Å². The van der Waals surface area contributed by atoms with Crippen LogP contribution in [0, 0.1) is 11.8 Å². The SMILES string of the molecule is CC(=Nc1c(NC(=O)O)cc(Cl)nc1Cl)[C@H]1CC[C@H](C)CC1. The Morgan fingerprint density at radius 3 is 2.59 bits per heavy atom. The van der Waals surface area contributed by atoms with E-state index >= 15 is 0 Å². The molecule has 0 bridgehead atoms. The summed E-state index contributed by atoms with van der Waals surface area (Å²) in [6.07, 6.45) is 3.36. The molecule has 1 fully saturated rings. The smallest absolute Gasteiger partial charge is 0.409 e. The number of aliphatic imine (C=N–C) groups is 1. The highest BCUT2D eigenvalue weighted by Crippen LogP contribution is 2.36. The highest BCUT2D eigenvalue weighted by molar-refractivity contribution is 6.35. The summed E-state index contributed by atoms with van der Waals surface area (Å²) < 4.78 is 0. The molecule has 0 radical (unpaired) electrons. The van der Waals surface area contributed by atoms with Crippen LogP contribution < -0.4 is 5.32 Å². The molecule has 1 heterocycles. The molecule has 0 unspecified atom stereocenters. The predicted molar refractivity (Wildman–Crippen MR) is 89.8 cm³/mol. The summed E-state index contributed by atoms with van der Waals surface area (Å²) in [7, 11) is 0. The van der Waals surface area contributed by atoms with Crippen LogP contribution in [0.2, 0.25) is 10.3 Å². The Bertz CT molecular complexity index is 597. The predicted octanol–water partition coefficient (Wildman–Crippen LogP) is 5.40. The molecule has 1 saturated carbocycles. The Hall–Kier alpha value is -1.33. The number of hydrogen-bond donors (Lipinski definition) is 2. The summed E-state index contributed by atoms with van der Waals surface area (Å²) >= 11 is 11.9. The molecule has 0 spiro atoms. The molecule has 22 heavy (non-hydrogen) atoms. The van der Waals surface area contributed by atoms with Gasteiger partial charge in [0.15, 0.2) is 5.15 Å². The lowest BCUT2D eigenvalue weighted by molar-refractivity contribution is 0.210. The highest BCUT2D eigenvalue weighted by Gasteiger charge is 2.21. The molecule has 0 aromatic carbocycles. The Kier molecular flexibility index (Phi) is 5.64. The van der Waals surface area contributed by atoms with Crippen LogP contribution in [-0.4, -0.2) is 21.9 Å². The number of carbonyl (C=O) groups is 1. The van der Waals surface area contributed by atoms with E-state index in [2.05, 4.69) is 22.2 Å². The fourth-order valence-corrected chi connectivity index (χ4v) is 3.21. The van der Waals surface area contributed by atoms with E-state index in [1.54, 1.807) is 0 Å². The second kappa shape index (κ2) is 7.29. The molecule has 2 rings (SSSR count). The van der Waals surface area contributed by atoms with Crippen LogP contribution in [0.4, 0.5) is 16.2 Å². The Balaban J connectivity index is 2.30. The molecule has 5 nitrogen and oxygen atoms in total. The third-order valence-corrected chi connectivity index (χ3v) is 4.51. The van der Waals surface area contributed by atoms with Crippen molar-refractivity contribution >= 4 is 46.4 Å². The van der Waals surface area contributed by atoms with Crippen LogP contribution in [0.5, 0.6) is 0 Å². The van der Waals surface area contributed by atoms with Gasteiger partial charge in [-0.2, -0.15) is 0 Å². The normalized spacial score (nSPS) is 22.5. The van der Waals surface area contributed by atoms with Gasteiger partial charge < -0.3 is 5.11 Å². The maximum atomic E-state index is 10.9. The van der Waals surface area contributed by atoms with E-state index in [0.717, 1.165) is 24.5 Å². The Morgan fingerprint density at radius 2 is 2.00 bits per heavy atom. The van der Waals surface area contributed by atoms with E-state index in [0.29, 0.717) is 11.6 Å². The van der Waals surface area contributed by atoms with Crippen LogP contribution in [0.25, 0.3) is 0 Å². The molecule has 0 atom stereocenters. The molecule has 1 aromatic heterocycles. The number of hydrogen-bond acceptors (Lipinski definition) is 3. The van der Waals surface area contributed by atoms with Gasteiger partial charge in [-0.1, -0.05) is 43.0 Å². The largest absolute Gasteiger partial charge is 0.465 e. The monoisotopic (exact) mass is 343 g/mol. The summed E-state index contributed by atoms with van der Waals surface area (Å²) in [5.41, 5.74) is 1.52. The molecule has 2 N–H and O–H groups in total. The number of carboxylic acid groups (broad SMARTS) is 1. The number of halogens is 2. The zero-order chi connectivity index (χ0) is 16.3. The lowest BCUT2D eigenvalue weighted by atomic mass is 9.81. The first-order valence-electron chi connectivity index (χ1n) is 7.28. The van der Waals surface area contributed by atoms with Gasteiger partial charge in [0.05, 0.1) is 5.69 Å². The van der Waals surface area contributed by atoms with Crippen molar-refractivity contribution < 1.29 is 9.90 Å². The lowest BCUT2D eigenvalue weighted by Gasteiger charge is -2.26. The van der Waals surface area contributed by atoms with Crippen LogP contribution in [0.15, 0.2) is 11.1 Å². The summed E-state index contributed by atoms with van der Waals surface area (Å²) in [6.45, 7) is 4.22. The minimum atomic E-state index is -1.20. The number of nitrogens with one attached hydrogen (secondary N) is 1. The number of pyridine rings is 1. The molecule has 1 aliphatic carbocycles. The quantitative estimate of drug-likeness (QED) is 0.570. The van der Waals surface area contributed by atoms with Crippen molar-refractivity contribution in [1.82, 2.24) is 4.98 Å². The van der Waals surface area contributed by atoms with Crippen molar-refractivity contribution in [2.45, 2.75) is 39.5 Å². The average Bonchev–Trinajstić information content (AvgIpc) is 2.42. The van der Waals surface area contributed by atoms with Crippen molar-refractivity contribution in [2.24, 2.45) is 16.8 Å². The summed E-state index contributed by atoms with van der Waals surface area (Å²) in [5, 5.41) is 11.4. The number of amides is 1. The van der Waals surface area contributed by atoms with E-state index in [-0.39, 0.29) is 16.0 Å². The van der Waals surface area contributed by atoms with E-state index in [1.807, 2.05) is 6.92 Å². The van der Waals surface area contributed by atoms with Gasteiger partial charge in [-0.05, 0) is 31.6 Å². The molecular formula is C15H19Cl2N3O2. The minimum absolute atomic E-state index is 0.0970. The minimum Gasteiger partial charge on any atom is -0.465 e. The number of anilines is 1. The van der Waals surface area contributed by atoms with Crippen LogP contribution in [-0.2, 0) is 0 Å². The lowest BCUT2D eigenvalue weighted by Crippen LogP contribution is -2.18. The Morgan fingerprint density at radius 1 is 1.36 bits per heavy atom. The number of nitrogens with zero attached hydrogens (tertiary/aromatic N) is 2. The van der Waals surface area contributed by atoms with Crippen molar-refractivity contribution in [3.63, 3.8) is 0 Å². The van der Waals surface area contributed by atoms with E-state index in [1.165, 1.54) is 18.9 Å². The average molecular weight is 344 g/mol. The van der Waals surface area contributed by atoms with E-state index in [4.69, 9.17) is 28.3 Å². The van der Waals surface area contributed by atoms with Gasteiger partial charge >= 0.3 is 6.09 Å². The zero-order valence-electron chi connectivity index (χ0n) is 12.6. The van der Waals surface area contributed by atoms with Gasteiger partial charge in [0.25, 0.3) is 0 Å². The first-order chi connectivity index (χ1) is 10.4. The van der Waals surface area contributed by atoms with E-state index in [9.17, 15) is 4.79 Å². The van der Waals surface area contributed by atoms with Crippen molar-refractivity contribution in [3.8, 4) is 0 Å². The summed E-state index contributed by atoms with van der Waals surface area (Å²) in [5.74, 6) is 1.16. The maximum absolute atomic E-state index is 10.9. The molecule has 1 aromatic rings. The summed E-state index contributed by atoms with van der Waals surface area (Å²) in [6, 6.07) is 1.41. The van der Waals surface area contributed by atoms with Crippen molar-refractivity contribution in [1.29, 1.82) is 0 Å². The second-order valence-corrected chi connectivity index (χ2v) is 6.52. The number of aromatic nitrogens is 1. The molecular weight excluding hydrogens is 325 g/mol. The molecule has 1 aliphatic rings. The van der Waals surface area contributed by atoms with Gasteiger partial charge in [0.2, 0.25) is 0 Å². The zero-order valence-corrected chi connectivity index (χ0v) is 14.1. The van der Waals surface area contributed by atoms with Gasteiger partial charge in [-0.25, -0.2) is 9.78 Å². The highest BCUT2D eigenvalue weighted by atomic mass is 35.5. The molecule has 1 amide bonds. The third-order valence-electron chi connectivity index (χ3n) is 4.06. The van der Waals surface area contributed by atoms with Crippen molar-refractivity contribution in [2.75, 3.05) is 5.32 Å². The number of rotatable bonds is 3. The second-order valence-electron chi connectivity index (χ2n) is 5.77. The molecule has 0 aliphatic heterocycles. The first-order valence-corrected chi connectivity index (χ1v) is 8.03. The van der Waals surface area contributed by atoms with E-state index < -0.39 is 6.09 Å². The molecule has 0 saturated heterocycles. The van der Waals surface area contributed by atoms with Gasteiger partial charge in [0, 0.05) is 11.8 Å². The topological polar surface area (TPSA) is 74.6 Å². The van der Waals surface area contributed by atoms with Crippen molar-refractivity contribution in [3.05, 3.63) is 16.4 Å². The fourth-order valence-electron chi connectivity index (χ4n) is 2.74. The standard InChI is InChI=1S/C15H19Cl2N3O2/c1-8-3-5-10(6-4-8)9(2)18-13-11(19-15(21)22)7-12(16)20-14(13)17/h7-8,10H,3-6H2,1-2H3,(H,19,20)(H,21,22)/t8-,10-. The first kappa shape index (κ1) is 17.0. The summed E-state index contributed by atoms with van der Waals surface area (Å²) in [4.78, 5) is 19.4. The fraction of sp³-hybridized carbons (Fsp3) is 0.533. The van der Waals surface area contributed by atoms with Crippen LogP contribution in [0.3, 0.4) is 0 Å². The molecule has 120 valence electrons. The van der Waals surface area contributed by atoms with Gasteiger partial charge in [-0.15, -0.1) is 0 Å². The molecule has 7 heteroatoms. The van der Waals surface area contributed by atoms with Gasteiger partial charge in [0.1, 0.15) is 10.8 Å². The third kappa shape index (κ3) is 4.34. The van der Waals surface area contributed by atoms with Gasteiger partial charge in [-0.3, -0.25) is 10.3 Å².